The van der Waals surface area contributed by atoms with Gasteiger partial charge in [-0.3, -0.25) is 4.79 Å². The predicted molar refractivity (Wildman–Crippen MR) is 71.0 cm³/mol. The number of nitrogens with one attached hydrogen (secondary N) is 1. The SMILES string of the molecule is CCCCC(=O)c1ccc(OC)c(NCC)c1. The lowest BCUT2D eigenvalue weighted by Crippen LogP contribution is -2.03. The molecule has 0 unspecified atom stereocenters. The van der Waals surface area contributed by atoms with Gasteiger partial charge in [-0.25, -0.2) is 0 Å². The van der Waals surface area contributed by atoms with Crippen LogP contribution in [0.4, 0.5) is 5.69 Å². The summed E-state index contributed by atoms with van der Waals surface area (Å²) in [4.78, 5) is 11.9. The minimum atomic E-state index is 0.202. The number of rotatable bonds is 7. The van der Waals surface area contributed by atoms with Crippen LogP contribution in [-0.4, -0.2) is 19.4 Å². The molecular formula is C14H21NO2. The van der Waals surface area contributed by atoms with Crippen LogP contribution in [0, 0.1) is 0 Å². The zero-order valence-electron chi connectivity index (χ0n) is 10.9. The molecule has 0 saturated heterocycles. The number of benzene rings is 1. The van der Waals surface area contributed by atoms with Gasteiger partial charge >= 0.3 is 0 Å². The van der Waals surface area contributed by atoms with Crippen molar-refractivity contribution in [2.45, 2.75) is 33.1 Å². The van der Waals surface area contributed by atoms with Gasteiger partial charge in [0.05, 0.1) is 12.8 Å². The molecule has 0 aliphatic rings. The van der Waals surface area contributed by atoms with Crippen molar-refractivity contribution in [3.63, 3.8) is 0 Å². The summed E-state index contributed by atoms with van der Waals surface area (Å²) in [5, 5.41) is 3.20. The molecule has 0 amide bonds. The largest absolute Gasteiger partial charge is 0.495 e. The summed E-state index contributed by atoms with van der Waals surface area (Å²) >= 11 is 0. The molecule has 0 spiro atoms. The summed E-state index contributed by atoms with van der Waals surface area (Å²) in [6.45, 7) is 4.92. The maximum atomic E-state index is 11.9. The van der Waals surface area contributed by atoms with Crippen LogP contribution in [0.15, 0.2) is 18.2 Å². The van der Waals surface area contributed by atoms with Gasteiger partial charge in [0.1, 0.15) is 5.75 Å². The van der Waals surface area contributed by atoms with Crippen LogP contribution in [0.2, 0.25) is 0 Å². The van der Waals surface area contributed by atoms with Crippen LogP contribution < -0.4 is 10.1 Å². The Balaban J connectivity index is 2.87. The lowest BCUT2D eigenvalue weighted by molar-refractivity contribution is 0.0980. The van der Waals surface area contributed by atoms with Crippen LogP contribution in [0.5, 0.6) is 5.75 Å². The number of carbonyl (C=O) groups excluding carboxylic acids is 1. The van der Waals surface area contributed by atoms with E-state index in [2.05, 4.69) is 12.2 Å². The molecule has 0 bridgehead atoms. The molecule has 0 saturated carbocycles. The van der Waals surface area contributed by atoms with Gasteiger partial charge in [-0.15, -0.1) is 0 Å². The zero-order chi connectivity index (χ0) is 12.7. The first-order chi connectivity index (χ1) is 8.22. The highest BCUT2D eigenvalue weighted by atomic mass is 16.5. The van der Waals surface area contributed by atoms with Crippen LogP contribution in [0.25, 0.3) is 0 Å². The van der Waals surface area contributed by atoms with Crippen molar-refractivity contribution in [3.05, 3.63) is 23.8 Å². The summed E-state index contributed by atoms with van der Waals surface area (Å²) in [5.74, 6) is 0.979. The van der Waals surface area contributed by atoms with Crippen molar-refractivity contribution in [1.29, 1.82) is 0 Å². The number of anilines is 1. The smallest absolute Gasteiger partial charge is 0.162 e. The minimum absolute atomic E-state index is 0.202. The minimum Gasteiger partial charge on any atom is -0.495 e. The van der Waals surface area contributed by atoms with Crippen LogP contribution in [-0.2, 0) is 0 Å². The van der Waals surface area contributed by atoms with Crippen molar-refractivity contribution in [2.24, 2.45) is 0 Å². The molecule has 0 radical (unpaired) electrons. The molecule has 3 heteroatoms. The molecule has 3 nitrogen and oxygen atoms in total. The maximum Gasteiger partial charge on any atom is 0.162 e. The molecule has 1 rings (SSSR count). The average Bonchev–Trinajstić information content (AvgIpc) is 2.36. The zero-order valence-corrected chi connectivity index (χ0v) is 10.9. The van der Waals surface area contributed by atoms with Gasteiger partial charge in [0, 0.05) is 18.5 Å². The van der Waals surface area contributed by atoms with E-state index in [-0.39, 0.29) is 5.78 Å². The third-order valence-electron chi connectivity index (χ3n) is 2.65. The fraction of sp³-hybridized carbons (Fsp3) is 0.500. The highest BCUT2D eigenvalue weighted by Gasteiger charge is 2.09. The third-order valence-corrected chi connectivity index (χ3v) is 2.65. The molecule has 0 aliphatic carbocycles. The van der Waals surface area contributed by atoms with Gasteiger partial charge in [-0.05, 0) is 31.5 Å². The Hall–Kier alpha value is -1.51. The van der Waals surface area contributed by atoms with E-state index in [1.54, 1.807) is 7.11 Å². The van der Waals surface area contributed by atoms with Crippen LogP contribution in [0.3, 0.4) is 0 Å². The molecule has 94 valence electrons. The van der Waals surface area contributed by atoms with Gasteiger partial charge in [0.25, 0.3) is 0 Å². The number of Topliss-reactive ketones (excluding diaryl/α,β-unsaturated/α-hetero) is 1. The first-order valence-electron chi connectivity index (χ1n) is 6.18. The quantitative estimate of drug-likeness (QED) is 0.735. The lowest BCUT2D eigenvalue weighted by Gasteiger charge is -2.11. The standard InChI is InChI=1S/C14H21NO2/c1-4-6-7-13(16)11-8-9-14(17-3)12(10-11)15-5-2/h8-10,15H,4-7H2,1-3H3. The van der Waals surface area contributed by atoms with E-state index < -0.39 is 0 Å². The Labute approximate surface area is 103 Å². The second-order valence-corrected chi connectivity index (χ2v) is 3.97. The predicted octanol–water partition coefficient (Wildman–Crippen LogP) is 3.50. The summed E-state index contributed by atoms with van der Waals surface area (Å²) in [5.41, 5.74) is 1.65. The van der Waals surface area contributed by atoms with E-state index in [9.17, 15) is 4.79 Å². The van der Waals surface area contributed by atoms with Crippen molar-refractivity contribution in [2.75, 3.05) is 19.0 Å². The van der Waals surface area contributed by atoms with Crippen molar-refractivity contribution in [3.8, 4) is 5.75 Å². The van der Waals surface area contributed by atoms with Gasteiger partial charge in [0.15, 0.2) is 5.78 Å². The molecule has 0 aromatic heterocycles. The molecule has 17 heavy (non-hydrogen) atoms. The Morgan fingerprint density at radius 2 is 2.12 bits per heavy atom. The Morgan fingerprint density at radius 1 is 1.35 bits per heavy atom. The topological polar surface area (TPSA) is 38.3 Å². The molecule has 0 atom stereocenters. The molecule has 1 aromatic rings. The van der Waals surface area contributed by atoms with Gasteiger partial charge in [-0.2, -0.15) is 0 Å². The molecular weight excluding hydrogens is 214 g/mol. The summed E-state index contributed by atoms with van der Waals surface area (Å²) < 4.78 is 5.24. The Morgan fingerprint density at radius 3 is 2.71 bits per heavy atom. The fourth-order valence-electron chi connectivity index (χ4n) is 1.69. The number of unbranched alkanes of at least 4 members (excludes halogenated alkanes) is 1. The molecule has 0 heterocycles. The number of hydrogen-bond acceptors (Lipinski definition) is 3. The van der Waals surface area contributed by atoms with E-state index >= 15 is 0 Å². The van der Waals surface area contributed by atoms with Gasteiger partial charge < -0.3 is 10.1 Å². The van der Waals surface area contributed by atoms with E-state index in [4.69, 9.17) is 4.74 Å². The second-order valence-electron chi connectivity index (χ2n) is 3.97. The number of hydrogen-bond donors (Lipinski definition) is 1. The maximum absolute atomic E-state index is 11.9. The molecule has 0 fully saturated rings. The number of ether oxygens (including phenoxy) is 1. The first kappa shape index (κ1) is 13.6. The van der Waals surface area contributed by atoms with Crippen LogP contribution in [0.1, 0.15) is 43.5 Å². The first-order valence-corrected chi connectivity index (χ1v) is 6.18. The number of methoxy groups -OCH3 is 1. The summed E-state index contributed by atoms with van der Waals surface area (Å²) in [6, 6.07) is 5.55. The third kappa shape index (κ3) is 3.77. The van der Waals surface area contributed by atoms with E-state index in [0.717, 1.165) is 36.4 Å². The summed E-state index contributed by atoms with van der Waals surface area (Å²) in [6.07, 6.45) is 2.61. The van der Waals surface area contributed by atoms with Gasteiger partial charge in [-0.1, -0.05) is 13.3 Å². The average molecular weight is 235 g/mol. The fourth-order valence-corrected chi connectivity index (χ4v) is 1.69. The van der Waals surface area contributed by atoms with Crippen molar-refractivity contribution < 1.29 is 9.53 Å². The summed E-state index contributed by atoms with van der Waals surface area (Å²) in [7, 11) is 1.63. The molecule has 1 aromatic carbocycles. The number of carbonyl (C=O) groups is 1. The van der Waals surface area contributed by atoms with Gasteiger partial charge in [0.2, 0.25) is 0 Å². The lowest BCUT2D eigenvalue weighted by atomic mass is 10.0. The Bertz CT molecular complexity index is 374. The molecule has 1 N–H and O–H groups in total. The van der Waals surface area contributed by atoms with Crippen LogP contribution >= 0.6 is 0 Å². The Kier molecular flexibility index (Phi) is 5.53. The van der Waals surface area contributed by atoms with E-state index in [1.165, 1.54) is 0 Å². The highest BCUT2D eigenvalue weighted by molar-refractivity contribution is 5.97. The van der Waals surface area contributed by atoms with E-state index in [1.807, 2.05) is 25.1 Å². The van der Waals surface area contributed by atoms with E-state index in [0.29, 0.717) is 6.42 Å². The monoisotopic (exact) mass is 235 g/mol. The van der Waals surface area contributed by atoms with Crippen molar-refractivity contribution in [1.82, 2.24) is 0 Å². The molecule has 0 aliphatic heterocycles. The number of ketones is 1. The van der Waals surface area contributed by atoms with Crippen molar-refractivity contribution >= 4 is 11.5 Å². The second kappa shape index (κ2) is 6.94. The highest BCUT2D eigenvalue weighted by Crippen LogP contribution is 2.26. The normalized spacial score (nSPS) is 10.1.